The Labute approximate surface area is 136 Å². The van der Waals surface area contributed by atoms with Gasteiger partial charge < -0.3 is 15.4 Å². The van der Waals surface area contributed by atoms with Crippen molar-refractivity contribution >= 4 is 22.7 Å². The number of fused-ring (bicyclic) bond motifs is 1. The van der Waals surface area contributed by atoms with Gasteiger partial charge in [0.05, 0.1) is 11.6 Å². The Morgan fingerprint density at radius 3 is 2.74 bits per heavy atom. The first-order valence-electron chi connectivity index (χ1n) is 8.77. The van der Waals surface area contributed by atoms with Crippen LogP contribution in [0, 0.1) is 0 Å². The van der Waals surface area contributed by atoms with Gasteiger partial charge in [0.25, 0.3) is 0 Å². The van der Waals surface area contributed by atoms with E-state index in [4.69, 9.17) is 9.72 Å². The maximum Gasteiger partial charge on any atom is 0.225 e. The van der Waals surface area contributed by atoms with Crippen molar-refractivity contribution in [2.45, 2.75) is 50.7 Å². The molecule has 0 radical (unpaired) electrons. The Balaban J connectivity index is 1.57. The zero-order chi connectivity index (χ0) is 15.5. The van der Waals surface area contributed by atoms with Crippen molar-refractivity contribution in [2.75, 3.05) is 23.8 Å². The summed E-state index contributed by atoms with van der Waals surface area (Å²) in [5.41, 5.74) is 0.984. The summed E-state index contributed by atoms with van der Waals surface area (Å²) in [7, 11) is 0. The predicted octanol–water partition coefficient (Wildman–Crippen LogP) is 3.58. The third-order valence-corrected chi connectivity index (χ3v) is 4.81. The van der Waals surface area contributed by atoms with Crippen LogP contribution in [0.15, 0.2) is 24.3 Å². The van der Waals surface area contributed by atoms with Crippen LogP contribution < -0.4 is 10.6 Å². The average molecular weight is 312 g/mol. The van der Waals surface area contributed by atoms with Gasteiger partial charge in [-0.2, -0.15) is 4.98 Å². The zero-order valence-electron chi connectivity index (χ0n) is 13.4. The number of nitrogens with zero attached hydrogens (tertiary/aromatic N) is 2. The lowest BCUT2D eigenvalue weighted by atomic mass is 10.2. The molecule has 2 aliphatic rings. The number of hydrogen-bond acceptors (Lipinski definition) is 5. The van der Waals surface area contributed by atoms with E-state index in [0.717, 1.165) is 42.7 Å². The normalized spacial score (nSPS) is 21.8. The molecular weight excluding hydrogens is 288 g/mol. The van der Waals surface area contributed by atoms with Gasteiger partial charge >= 0.3 is 0 Å². The van der Waals surface area contributed by atoms with Crippen molar-refractivity contribution in [3.05, 3.63) is 24.3 Å². The van der Waals surface area contributed by atoms with Crippen LogP contribution in [-0.2, 0) is 4.74 Å². The minimum Gasteiger partial charge on any atom is -0.376 e. The fourth-order valence-electron chi connectivity index (χ4n) is 3.54. The number of benzene rings is 1. The molecule has 1 unspecified atom stereocenters. The summed E-state index contributed by atoms with van der Waals surface area (Å²) in [5, 5.41) is 8.09. The highest BCUT2D eigenvalue weighted by Crippen LogP contribution is 2.27. The molecule has 5 nitrogen and oxygen atoms in total. The average Bonchev–Trinajstić information content (AvgIpc) is 3.27. The van der Waals surface area contributed by atoms with E-state index in [-0.39, 0.29) is 6.10 Å². The second-order valence-electron chi connectivity index (χ2n) is 6.55. The van der Waals surface area contributed by atoms with Crippen LogP contribution in [0.25, 0.3) is 10.9 Å². The Morgan fingerprint density at radius 1 is 1.04 bits per heavy atom. The maximum absolute atomic E-state index is 5.67. The Hall–Kier alpha value is -1.88. The van der Waals surface area contributed by atoms with Crippen LogP contribution in [0.4, 0.5) is 11.8 Å². The van der Waals surface area contributed by atoms with E-state index in [1.165, 1.54) is 25.7 Å². The summed E-state index contributed by atoms with van der Waals surface area (Å²) in [5.74, 6) is 1.65. The van der Waals surface area contributed by atoms with Crippen LogP contribution in [0.2, 0.25) is 0 Å². The van der Waals surface area contributed by atoms with E-state index in [2.05, 4.69) is 21.7 Å². The smallest absolute Gasteiger partial charge is 0.225 e. The van der Waals surface area contributed by atoms with Crippen molar-refractivity contribution in [1.29, 1.82) is 0 Å². The van der Waals surface area contributed by atoms with E-state index in [0.29, 0.717) is 12.0 Å². The number of nitrogens with one attached hydrogen (secondary N) is 2. The molecule has 23 heavy (non-hydrogen) atoms. The number of para-hydroxylation sites is 1. The molecule has 0 spiro atoms. The highest BCUT2D eigenvalue weighted by Gasteiger charge is 2.18. The number of aromatic nitrogens is 2. The van der Waals surface area contributed by atoms with Crippen molar-refractivity contribution < 1.29 is 4.74 Å². The SMILES string of the molecule is c1ccc2c(NC3CCCC3)nc(NCC3CCCO3)nc2c1. The maximum atomic E-state index is 5.67. The topological polar surface area (TPSA) is 59.1 Å². The van der Waals surface area contributed by atoms with Gasteiger partial charge in [0.1, 0.15) is 5.82 Å². The molecule has 1 atom stereocenters. The molecule has 4 rings (SSSR count). The van der Waals surface area contributed by atoms with Gasteiger partial charge in [-0.3, -0.25) is 0 Å². The largest absolute Gasteiger partial charge is 0.376 e. The first-order valence-corrected chi connectivity index (χ1v) is 8.77. The lowest BCUT2D eigenvalue weighted by Crippen LogP contribution is -2.21. The molecule has 1 aliphatic carbocycles. The number of hydrogen-bond donors (Lipinski definition) is 2. The summed E-state index contributed by atoms with van der Waals surface area (Å²) in [6.45, 7) is 1.65. The Bertz CT molecular complexity index is 663. The van der Waals surface area contributed by atoms with E-state index in [1.807, 2.05) is 18.2 Å². The number of ether oxygens (including phenoxy) is 1. The summed E-state index contributed by atoms with van der Waals surface area (Å²) >= 11 is 0. The highest BCUT2D eigenvalue weighted by molar-refractivity contribution is 5.90. The van der Waals surface area contributed by atoms with E-state index < -0.39 is 0 Å². The molecule has 2 fully saturated rings. The van der Waals surface area contributed by atoms with E-state index in [9.17, 15) is 0 Å². The first-order chi connectivity index (χ1) is 11.4. The third-order valence-electron chi connectivity index (χ3n) is 4.81. The summed E-state index contributed by atoms with van der Waals surface area (Å²) < 4.78 is 5.67. The molecule has 2 heterocycles. The number of anilines is 2. The zero-order valence-corrected chi connectivity index (χ0v) is 13.4. The van der Waals surface area contributed by atoms with Crippen LogP contribution in [0.5, 0.6) is 0 Å². The standard InChI is InChI=1S/C18H24N4O/c1-2-7-13(6-1)20-17-15-9-3-4-10-16(15)21-18(22-17)19-12-14-8-5-11-23-14/h3-4,9-10,13-14H,1-2,5-8,11-12H2,(H2,19,20,21,22). The lowest BCUT2D eigenvalue weighted by molar-refractivity contribution is 0.120. The lowest BCUT2D eigenvalue weighted by Gasteiger charge is -2.16. The van der Waals surface area contributed by atoms with Crippen LogP contribution in [0.1, 0.15) is 38.5 Å². The quantitative estimate of drug-likeness (QED) is 0.884. The fraction of sp³-hybridized carbons (Fsp3) is 0.556. The minimum atomic E-state index is 0.288. The van der Waals surface area contributed by atoms with Crippen LogP contribution in [-0.4, -0.2) is 35.3 Å². The van der Waals surface area contributed by atoms with E-state index >= 15 is 0 Å². The Morgan fingerprint density at radius 2 is 1.91 bits per heavy atom. The van der Waals surface area contributed by atoms with Gasteiger partial charge in [-0.25, -0.2) is 4.98 Å². The highest BCUT2D eigenvalue weighted by atomic mass is 16.5. The molecule has 5 heteroatoms. The first kappa shape index (κ1) is 14.7. The molecule has 1 aromatic carbocycles. The van der Waals surface area contributed by atoms with E-state index in [1.54, 1.807) is 0 Å². The summed E-state index contributed by atoms with van der Waals surface area (Å²) in [4.78, 5) is 9.39. The van der Waals surface area contributed by atoms with Gasteiger partial charge in [0.2, 0.25) is 5.95 Å². The predicted molar refractivity (Wildman–Crippen MR) is 92.9 cm³/mol. The third kappa shape index (κ3) is 3.39. The molecule has 2 N–H and O–H groups in total. The summed E-state index contributed by atoms with van der Waals surface area (Å²) in [6, 6.07) is 8.76. The molecule has 0 bridgehead atoms. The minimum absolute atomic E-state index is 0.288. The van der Waals surface area contributed by atoms with Crippen molar-refractivity contribution in [3.8, 4) is 0 Å². The molecule has 1 aliphatic heterocycles. The van der Waals surface area contributed by atoms with Gasteiger partial charge in [0.15, 0.2) is 0 Å². The molecule has 1 aromatic heterocycles. The van der Waals surface area contributed by atoms with Crippen LogP contribution >= 0.6 is 0 Å². The van der Waals surface area contributed by atoms with Crippen molar-refractivity contribution in [3.63, 3.8) is 0 Å². The fourth-order valence-corrected chi connectivity index (χ4v) is 3.54. The van der Waals surface area contributed by atoms with Gasteiger partial charge in [-0.15, -0.1) is 0 Å². The molecular formula is C18H24N4O. The van der Waals surface area contributed by atoms with Crippen molar-refractivity contribution in [2.24, 2.45) is 0 Å². The Kier molecular flexibility index (Phi) is 4.28. The molecule has 0 amide bonds. The van der Waals surface area contributed by atoms with Crippen LogP contribution in [0.3, 0.4) is 0 Å². The molecule has 1 saturated carbocycles. The molecule has 122 valence electrons. The van der Waals surface area contributed by atoms with Gasteiger partial charge in [0, 0.05) is 24.6 Å². The molecule has 1 saturated heterocycles. The van der Waals surface area contributed by atoms with Gasteiger partial charge in [-0.1, -0.05) is 25.0 Å². The monoisotopic (exact) mass is 312 g/mol. The van der Waals surface area contributed by atoms with Gasteiger partial charge in [-0.05, 0) is 37.8 Å². The van der Waals surface area contributed by atoms with Crippen molar-refractivity contribution in [1.82, 2.24) is 9.97 Å². The second-order valence-corrected chi connectivity index (χ2v) is 6.55. The summed E-state index contributed by atoms with van der Waals surface area (Å²) in [6.07, 6.45) is 7.65. The number of rotatable bonds is 5. The second kappa shape index (κ2) is 6.71. The molecule has 2 aromatic rings.